The van der Waals surface area contributed by atoms with E-state index < -0.39 is 0 Å². The van der Waals surface area contributed by atoms with E-state index in [0.717, 1.165) is 65.6 Å². The Morgan fingerprint density at radius 2 is 1.84 bits per heavy atom. The van der Waals surface area contributed by atoms with Crippen LogP contribution in [0.15, 0.2) is 57.8 Å². The molecule has 0 atom stereocenters. The van der Waals surface area contributed by atoms with Gasteiger partial charge in [-0.3, -0.25) is 4.90 Å². The molecule has 0 spiro atoms. The topological polar surface area (TPSA) is 51.4 Å². The maximum atomic E-state index is 5.78. The molecule has 1 aliphatic rings. The molecule has 1 aliphatic heterocycles. The first kappa shape index (κ1) is 16.4. The van der Waals surface area contributed by atoms with Gasteiger partial charge in [0, 0.05) is 24.8 Å². The highest BCUT2D eigenvalue weighted by atomic mass is 79.9. The number of nitrogens with zero attached hydrogens (tertiary/aromatic N) is 3. The summed E-state index contributed by atoms with van der Waals surface area (Å²) in [6, 6.07) is 14.1. The number of morpholine rings is 1. The van der Waals surface area contributed by atoms with Gasteiger partial charge in [0.25, 0.3) is 0 Å². The van der Waals surface area contributed by atoms with Gasteiger partial charge in [-0.15, -0.1) is 0 Å². The minimum Gasteiger partial charge on any atom is -0.379 e. The molecule has 0 amide bonds. The minimum absolute atomic E-state index is 0.721. The Labute approximate surface area is 154 Å². The number of ether oxygens (including phenoxy) is 1. The fourth-order valence-electron chi connectivity index (χ4n) is 3.04. The van der Waals surface area contributed by atoms with Crippen molar-refractivity contribution in [2.75, 3.05) is 26.3 Å². The number of rotatable bonds is 4. The third-order valence-electron chi connectivity index (χ3n) is 4.30. The van der Waals surface area contributed by atoms with E-state index in [1.54, 1.807) is 6.20 Å². The first-order valence-electron chi connectivity index (χ1n) is 8.27. The second-order valence-electron chi connectivity index (χ2n) is 5.95. The van der Waals surface area contributed by atoms with Crippen molar-refractivity contribution in [1.29, 1.82) is 0 Å². The van der Waals surface area contributed by atoms with E-state index in [-0.39, 0.29) is 0 Å². The van der Waals surface area contributed by atoms with Gasteiger partial charge in [0.05, 0.1) is 25.3 Å². The highest BCUT2D eigenvalue weighted by molar-refractivity contribution is 9.10. The Hall–Kier alpha value is -2.02. The number of benzene rings is 1. The molecule has 0 aliphatic carbocycles. The molecule has 1 fully saturated rings. The number of hydrogen-bond acceptors (Lipinski definition) is 5. The standard InChI is InChI=1S/C19H18BrN3O2/c20-17-12-15(6-7-21-17)18-16(13-23-8-10-24-11-9-23)25-22-19(18)14-4-2-1-3-5-14/h1-7,12H,8-11,13H2. The molecule has 0 radical (unpaired) electrons. The molecular formula is C19H18BrN3O2. The number of hydrogen-bond donors (Lipinski definition) is 0. The van der Waals surface area contributed by atoms with E-state index in [2.05, 4.69) is 43.1 Å². The van der Waals surface area contributed by atoms with E-state index in [9.17, 15) is 0 Å². The van der Waals surface area contributed by atoms with Crippen LogP contribution in [0.25, 0.3) is 22.4 Å². The van der Waals surface area contributed by atoms with Crippen LogP contribution in [0.2, 0.25) is 0 Å². The van der Waals surface area contributed by atoms with Crippen LogP contribution in [-0.4, -0.2) is 41.3 Å². The van der Waals surface area contributed by atoms with Crippen LogP contribution in [0.5, 0.6) is 0 Å². The smallest absolute Gasteiger partial charge is 0.159 e. The van der Waals surface area contributed by atoms with E-state index >= 15 is 0 Å². The van der Waals surface area contributed by atoms with Gasteiger partial charge in [-0.05, 0) is 33.6 Å². The molecule has 1 aromatic carbocycles. The third-order valence-corrected chi connectivity index (χ3v) is 4.73. The molecule has 3 aromatic rings. The van der Waals surface area contributed by atoms with Crippen molar-refractivity contribution in [1.82, 2.24) is 15.0 Å². The summed E-state index contributed by atoms with van der Waals surface area (Å²) in [7, 11) is 0. The lowest BCUT2D eigenvalue weighted by Gasteiger charge is -2.25. The Kier molecular flexibility index (Phi) is 4.92. The maximum Gasteiger partial charge on any atom is 0.159 e. The normalized spacial score (nSPS) is 15.4. The molecule has 1 saturated heterocycles. The summed E-state index contributed by atoms with van der Waals surface area (Å²) >= 11 is 3.46. The van der Waals surface area contributed by atoms with Crippen LogP contribution in [0, 0.1) is 0 Å². The first-order valence-corrected chi connectivity index (χ1v) is 9.06. The summed E-state index contributed by atoms with van der Waals surface area (Å²) in [4.78, 5) is 6.57. The maximum absolute atomic E-state index is 5.78. The van der Waals surface area contributed by atoms with Gasteiger partial charge >= 0.3 is 0 Å². The lowest BCUT2D eigenvalue weighted by molar-refractivity contribution is 0.0306. The highest BCUT2D eigenvalue weighted by Gasteiger charge is 2.22. The van der Waals surface area contributed by atoms with Crippen LogP contribution in [0.3, 0.4) is 0 Å². The zero-order chi connectivity index (χ0) is 17.1. The molecule has 0 unspecified atom stereocenters. The summed E-state index contributed by atoms with van der Waals surface area (Å²) in [6.07, 6.45) is 1.79. The molecule has 0 saturated carbocycles. The molecule has 2 aromatic heterocycles. The van der Waals surface area contributed by atoms with Crippen molar-refractivity contribution in [3.05, 3.63) is 59.0 Å². The molecule has 3 heterocycles. The number of pyridine rings is 1. The quantitative estimate of drug-likeness (QED) is 0.620. The van der Waals surface area contributed by atoms with Gasteiger partial charge in [0.15, 0.2) is 5.76 Å². The molecule has 5 nitrogen and oxygen atoms in total. The predicted octanol–water partition coefficient (Wildman–Crippen LogP) is 4.00. The van der Waals surface area contributed by atoms with E-state index in [1.807, 2.05) is 30.3 Å². The van der Waals surface area contributed by atoms with Crippen LogP contribution < -0.4 is 0 Å². The summed E-state index contributed by atoms with van der Waals surface area (Å²) in [6.45, 7) is 4.05. The van der Waals surface area contributed by atoms with Crippen molar-refractivity contribution in [2.24, 2.45) is 0 Å². The molecule has 25 heavy (non-hydrogen) atoms. The zero-order valence-corrected chi connectivity index (χ0v) is 15.3. The van der Waals surface area contributed by atoms with Gasteiger partial charge < -0.3 is 9.26 Å². The number of aromatic nitrogens is 2. The van der Waals surface area contributed by atoms with Crippen molar-refractivity contribution >= 4 is 15.9 Å². The molecule has 128 valence electrons. The molecule has 0 N–H and O–H groups in total. The molecular weight excluding hydrogens is 382 g/mol. The van der Waals surface area contributed by atoms with Crippen molar-refractivity contribution in [2.45, 2.75) is 6.54 Å². The summed E-state index contributed by atoms with van der Waals surface area (Å²) < 4.78 is 12.0. The van der Waals surface area contributed by atoms with Crippen molar-refractivity contribution in [3.8, 4) is 22.4 Å². The second-order valence-corrected chi connectivity index (χ2v) is 6.76. The van der Waals surface area contributed by atoms with E-state index in [1.165, 1.54) is 0 Å². The van der Waals surface area contributed by atoms with Crippen LogP contribution in [-0.2, 0) is 11.3 Å². The van der Waals surface area contributed by atoms with E-state index in [0.29, 0.717) is 0 Å². The monoisotopic (exact) mass is 399 g/mol. The molecule has 4 rings (SSSR count). The number of halogens is 1. The Morgan fingerprint density at radius 3 is 2.60 bits per heavy atom. The Bertz CT molecular complexity index is 845. The minimum atomic E-state index is 0.721. The van der Waals surface area contributed by atoms with Gasteiger partial charge in [-0.2, -0.15) is 0 Å². The lowest BCUT2D eigenvalue weighted by atomic mass is 10.00. The molecule has 6 heteroatoms. The summed E-state index contributed by atoms with van der Waals surface area (Å²) in [5, 5.41) is 4.39. The van der Waals surface area contributed by atoms with Crippen molar-refractivity contribution in [3.63, 3.8) is 0 Å². The average Bonchev–Trinajstić information content (AvgIpc) is 3.07. The van der Waals surface area contributed by atoms with Gasteiger partial charge in [0.2, 0.25) is 0 Å². The Morgan fingerprint density at radius 1 is 1.04 bits per heavy atom. The van der Waals surface area contributed by atoms with Gasteiger partial charge in [0.1, 0.15) is 10.3 Å². The summed E-state index contributed by atoms with van der Waals surface area (Å²) in [5.74, 6) is 0.874. The third kappa shape index (κ3) is 3.66. The summed E-state index contributed by atoms with van der Waals surface area (Å²) in [5.41, 5.74) is 3.98. The zero-order valence-electron chi connectivity index (χ0n) is 13.7. The fraction of sp³-hybridized carbons (Fsp3) is 0.263. The second kappa shape index (κ2) is 7.47. The van der Waals surface area contributed by atoms with Gasteiger partial charge in [-0.1, -0.05) is 35.5 Å². The lowest BCUT2D eigenvalue weighted by Crippen LogP contribution is -2.35. The van der Waals surface area contributed by atoms with Crippen LogP contribution in [0.4, 0.5) is 0 Å². The molecule has 0 bridgehead atoms. The van der Waals surface area contributed by atoms with Crippen molar-refractivity contribution < 1.29 is 9.26 Å². The van der Waals surface area contributed by atoms with Gasteiger partial charge in [-0.25, -0.2) is 4.98 Å². The van der Waals surface area contributed by atoms with E-state index in [4.69, 9.17) is 9.26 Å². The average molecular weight is 400 g/mol. The van der Waals surface area contributed by atoms with Crippen LogP contribution in [0.1, 0.15) is 5.76 Å². The SMILES string of the molecule is Brc1cc(-c2c(-c3ccccc3)noc2CN2CCOCC2)ccn1. The highest BCUT2D eigenvalue weighted by Crippen LogP contribution is 2.35. The predicted molar refractivity (Wildman–Crippen MR) is 99.0 cm³/mol. The first-order chi connectivity index (χ1) is 12.3. The fourth-order valence-corrected chi connectivity index (χ4v) is 3.41. The largest absolute Gasteiger partial charge is 0.379 e. The Balaban J connectivity index is 1.77. The van der Waals surface area contributed by atoms with Crippen LogP contribution >= 0.6 is 15.9 Å².